The van der Waals surface area contributed by atoms with Crippen LogP contribution in [-0.4, -0.2) is 29.5 Å². The predicted molar refractivity (Wildman–Crippen MR) is 62.7 cm³/mol. The molecule has 3 heteroatoms. The highest BCUT2D eigenvalue weighted by Crippen LogP contribution is 2.13. The molecule has 0 aromatic carbocycles. The molecule has 1 aliphatic heterocycles. The van der Waals surface area contributed by atoms with Gasteiger partial charge in [0.25, 0.3) is 0 Å². The first-order valence-electron chi connectivity index (χ1n) is 5.97. The van der Waals surface area contributed by atoms with Gasteiger partial charge in [-0.05, 0) is 50.5 Å². The molecule has 0 aliphatic carbocycles. The fourth-order valence-electron chi connectivity index (χ4n) is 2.26. The zero-order valence-electron chi connectivity index (χ0n) is 9.34. The monoisotopic (exact) mass is 207 g/mol. The van der Waals surface area contributed by atoms with E-state index in [1.54, 1.807) is 0 Å². The molecule has 1 aliphatic rings. The first kappa shape index (κ1) is 10.7. The first-order valence-corrected chi connectivity index (χ1v) is 5.97. The van der Waals surface area contributed by atoms with Crippen molar-refractivity contribution in [3.8, 4) is 0 Å². The predicted octanol–water partition coefficient (Wildman–Crippen LogP) is 1.50. The van der Waals surface area contributed by atoms with E-state index in [2.05, 4.69) is 22.1 Å². The van der Waals surface area contributed by atoms with E-state index in [0.29, 0.717) is 0 Å². The number of hydrogen-bond acceptors (Lipinski definition) is 2. The topological polar surface area (TPSA) is 45.0 Å². The van der Waals surface area contributed by atoms with E-state index in [1.807, 2.05) is 0 Å². The molecule has 0 amide bonds. The summed E-state index contributed by atoms with van der Waals surface area (Å²) in [6.07, 6.45) is 7.21. The summed E-state index contributed by atoms with van der Waals surface area (Å²) in [7, 11) is 0. The molecule has 3 nitrogen and oxygen atoms in total. The normalized spacial score (nSPS) is 18.2. The molecule has 0 spiro atoms. The minimum atomic E-state index is 0.726. The second kappa shape index (κ2) is 5.33. The van der Waals surface area contributed by atoms with Gasteiger partial charge in [-0.3, -0.25) is 4.90 Å². The lowest BCUT2D eigenvalue weighted by atomic mass is 10.1. The molecule has 84 valence electrons. The van der Waals surface area contributed by atoms with E-state index < -0.39 is 0 Å². The average Bonchev–Trinajstić information content (AvgIpc) is 2.68. The van der Waals surface area contributed by atoms with Crippen LogP contribution in [0.4, 0.5) is 0 Å². The standard InChI is InChI=1S/C12H21N3/c13-5-4-12-8-11(9-14-12)10-15-6-2-1-3-7-15/h8-9,14H,1-7,10,13H2. The maximum Gasteiger partial charge on any atom is 0.0248 e. The summed E-state index contributed by atoms with van der Waals surface area (Å²) in [4.78, 5) is 5.83. The van der Waals surface area contributed by atoms with Gasteiger partial charge in [-0.2, -0.15) is 0 Å². The van der Waals surface area contributed by atoms with Crippen molar-refractivity contribution in [3.05, 3.63) is 23.5 Å². The maximum atomic E-state index is 5.52. The van der Waals surface area contributed by atoms with Crippen molar-refractivity contribution in [2.45, 2.75) is 32.2 Å². The van der Waals surface area contributed by atoms with Gasteiger partial charge in [0.2, 0.25) is 0 Å². The van der Waals surface area contributed by atoms with Gasteiger partial charge in [-0.25, -0.2) is 0 Å². The summed E-state index contributed by atoms with van der Waals surface area (Å²) in [6.45, 7) is 4.35. The van der Waals surface area contributed by atoms with Crippen LogP contribution in [0.3, 0.4) is 0 Å². The number of aromatic amines is 1. The van der Waals surface area contributed by atoms with Gasteiger partial charge in [0, 0.05) is 18.4 Å². The Bertz CT molecular complexity index is 287. The van der Waals surface area contributed by atoms with Crippen LogP contribution in [0.25, 0.3) is 0 Å². The highest BCUT2D eigenvalue weighted by molar-refractivity contribution is 5.17. The molecule has 2 heterocycles. The van der Waals surface area contributed by atoms with Crippen molar-refractivity contribution in [1.29, 1.82) is 0 Å². The van der Waals surface area contributed by atoms with Gasteiger partial charge in [-0.15, -0.1) is 0 Å². The number of nitrogens with two attached hydrogens (primary N) is 1. The van der Waals surface area contributed by atoms with Crippen LogP contribution >= 0.6 is 0 Å². The molecule has 1 fully saturated rings. The van der Waals surface area contributed by atoms with Gasteiger partial charge < -0.3 is 10.7 Å². The molecular formula is C12H21N3. The van der Waals surface area contributed by atoms with Crippen LogP contribution in [-0.2, 0) is 13.0 Å². The summed E-state index contributed by atoms with van der Waals surface area (Å²) in [5.41, 5.74) is 8.19. The Labute approximate surface area is 91.7 Å². The lowest BCUT2D eigenvalue weighted by Crippen LogP contribution is -2.28. The molecule has 1 aromatic heterocycles. The van der Waals surface area contributed by atoms with Crippen molar-refractivity contribution in [2.75, 3.05) is 19.6 Å². The third kappa shape index (κ3) is 3.08. The van der Waals surface area contributed by atoms with Gasteiger partial charge in [0.15, 0.2) is 0 Å². The SMILES string of the molecule is NCCc1cc(CN2CCCCC2)c[nH]1. The van der Waals surface area contributed by atoms with Crippen LogP contribution in [0.15, 0.2) is 12.3 Å². The summed E-state index contributed by atoms with van der Waals surface area (Å²) in [5.74, 6) is 0. The number of hydrogen-bond donors (Lipinski definition) is 2. The number of nitrogens with zero attached hydrogens (tertiary/aromatic N) is 1. The molecule has 0 radical (unpaired) electrons. The van der Waals surface area contributed by atoms with Crippen LogP contribution in [0.1, 0.15) is 30.5 Å². The Morgan fingerprint density at radius 2 is 2.07 bits per heavy atom. The number of H-pyrrole nitrogens is 1. The third-order valence-corrected chi connectivity index (χ3v) is 3.07. The molecule has 0 unspecified atom stereocenters. The number of nitrogens with one attached hydrogen (secondary N) is 1. The Hall–Kier alpha value is -0.800. The number of rotatable bonds is 4. The van der Waals surface area contributed by atoms with Gasteiger partial charge in [-0.1, -0.05) is 6.42 Å². The summed E-state index contributed by atoms with van der Waals surface area (Å²) >= 11 is 0. The Morgan fingerprint density at radius 1 is 1.27 bits per heavy atom. The highest BCUT2D eigenvalue weighted by Gasteiger charge is 2.10. The lowest BCUT2D eigenvalue weighted by molar-refractivity contribution is 0.221. The Balaban J connectivity index is 1.86. The fourth-order valence-corrected chi connectivity index (χ4v) is 2.26. The number of likely N-dealkylation sites (tertiary alicyclic amines) is 1. The lowest BCUT2D eigenvalue weighted by Gasteiger charge is -2.25. The van der Waals surface area contributed by atoms with E-state index in [4.69, 9.17) is 5.73 Å². The number of piperidine rings is 1. The van der Waals surface area contributed by atoms with Crippen LogP contribution < -0.4 is 5.73 Å². The smallest absolute Gasteiger partial charge is 0.0248 e. The van der Waals surface area contributed by atoms with Gasteiger partial charge >= 0.3 is 0 Å². The van der Waals surface area contributed by atoms with Gasteiger partial charge in [0.05, 0.1) is 0 Å². The second-order valence-electron chi connectivity index (χ2n) is 4.41. The largest absolute Gasteiger partial charge is 0.365 e. The number of aromatic nitrogens is 1. The zero-order chi connectivity index (χ0) is 10.5. The van der Waals surface area contributed by atoms with E-state index >= 15 is 0 Å². The quantitative estimate of drug-likeness (QED) is 0.786. The van der Waals surface area contributed by atoms with Crippen LogP contribution in [0.2, 0.25) is 0 Å². The average molecular weight is 207 g/mol. The summed E-state index contributed by atoms with van der Waals surface area (Å²) in [5, 5.41) is 0. The van der Waals surface area contributed by atoms with Crippen molar-refractivity contribution >= 4 is 0 Å². The van der Waals surface area contributed by atoms with Crippen LogP contribution in [0.5, 0.6) is 0 Å². The Kier molecular flexibility index (Phi) is 3.80. The molecule has 3 N–H and O–H groups in total. The molecule has 0 saturated carbocycles. The Morgan fingerprint density at radius 3 is 2.80 bits per heavy atom. The highest BCUT2D eigenvalue weighted by atomic mass is 15.1. The molecule has 1 aromatic rings. The molecular weight excluding hydrogens is 186 g/mol. The molecule has 1 saturated heterocycles. The van der Waals surface area contributed by atoms with E-state index in [-0.39, 0.29) is 0 Å². The maximum absolute atomic E-state index is 5.52. The zero-order valence-corrected chi connectivity index (χ0v) is 9.34. The van der Waals surface area contributed by atoms with Gasteiger partial charge in [0.1, 0.15) is 0 Å². The summed E-state index contributed by atoms with van der Waals surface area (Å²) in [6, 6.07) is 2.25. The minimum Gasteiger partial charge on any atom is -0.365 e. The molecule has 0 atom stereocenters. The molecule has 15 heavy (non-hydrogen) atoms. The first-order chi connectivity index (χ1) is 7.38. The van der Waals surface area contributed by atoms with Crippen molar-refractivity contribution in [3.63, 3.8) is 0 Å². The van der Waals surface area contributed by atoms with E-state index in [9.17, 15) is 0 Å². The molecule has 0 bridgehead atoms. The van der Waals surface area contributed by atoms with E-state index in [1.165, 1.54) is 43.6 Å². The van der Waals surface area contributed by atoms with Crippen molar-refractivity contribution in [2.24, 2.45) is 5.73 Å². The third-order valence-electron chi connectivity index (χ3n) is 3.07. The second-order valence-corrected chi connectivity index (χ2v) is 4.41. The minimum absolute atomic E-state index is 0.726. The summed E-state index contributed by atoms with van der Waals surface area (Å²) < 4.78 is 0. The van der Waals surface area contributed by atoms with E-state index in [0.717, 1.165) is 19.5 Å². The van der Waals surface area contributed by atoms with Crippen molar-refractivity contribution < 1.29 is 0 Å². The van der Waals surface area contributed by atoms with Crippen LogP contribution in [0, 0.1) is 0 Å². The van der Waals surface area contributed by atoms with Crippen molar-refractivity contribution in [1.82, 2.24) is 9.88 Å². The molecule has 2 rings (SSSR count). The fraction of sp³-hybridized carbons (Fsp3) is 0.667.